The summed E-state index contributed by atoms with van der Waals surface area (Å²) in [5, 5.41) is 2.93. The Morgan fingerprint density at radius 2 is 2.06 bits per heavy atom. The van der Waals surface area contributed by atoms with E-state index in [1.54, 1.807) is 11.3 Å². The van der Waals surface area contributed by atoms with Gasteiger partial charge in [0.2, 0.25) is 0 Å². The molecule has 0 unspecified atom stereocenters. The monoisotopic (exact) mass is 305 g/mol. The number of fused-ring (bicyclic) bond motifs is 1. The van der Waals surface area contributed by atoms with E-state index in [0.29, 0.717) is 11.8 Å². The van der Waals surface area contributed by atoms with Crippen LogP contribution in [0, 0.1) is 0 Å². The number of nitrogens with one attached hydrogen (secondary N) is 1. The van der Waals surface area contributed by atoms with Gasteiger partial charge < -0.3 is 5.32 Å². The van der Waals surface area contributed by atoms with Crippen LogP contribution in [0.1, 0.15) is 39.9 Å². The predicted octanol–water partition coefficient (Wildman–Crippen LogP) is 3.59. The maximum absolute atomic E-state index is 12.2. The molecular formula is C13H17Cl2NOS. The molecule has 2 rings (SSSR count). The highest BCUT2D eigenvalue weighted by atomic mass is 35.5. The van der Waals surface area contributed by atoms with Gasteiger partial charge in [0.1, 0.15) is 0 Å². The number of hydrogen-bond acceptors (Lipinski definition) is 2. The standard InChI is InChI=1S/C13H17Cl2NOS/c1-13(7-14,8-15)16-12(17)11-6-9-4-2-3-5-10(9)18-11/h6H,2-5,7-8H2,1H3,(H,16,17). The van der Waals surface area contributed by atoms with E-state index < -0.39 is 5.54 Å². The lowest BCUT2D eigenvalue weighted by Crippen LogP contribution is -2.49. The first-order valence-electron chi connectivity index (χ1n) is 6.14. The number of alkyl halides is 2. The van der Waals surface area contributed by atoms with E-state index in [9.17, 15) is 4.79 Å². The second-order valence-electron chi connectivity index (χ2n) is 5.05. The number of carbonyl (C=O) groups is 1. The molecule has 18 heavy (non-hydrogen) atoms. The first-order valence-corrected chi connectivity index (χ1v) is 8.02. The van der Waals surface area contributed by atoms with Crippen LogP contribution in [0.5, 0.6) is 0 Å². The Bertz CT molecular complexity index is 417. The Labute approximate surface area is 122 Å². The molecule has 0 aromatic carbocycles. The molecule has 2 nitrogen and oxygen atoms in total. The molecule has 1 aromatic rings. The maximum atomic E-state index is 12.2. The van der Waals surface area contributed by atoms with Crippen molar-refractivity contribution in [2.75, 3.05) is 11.8 Å². The van der Waals surface area contributed by atoms with E-state index in [1.807, 2.05) is 13.0 Å². The first kappa shape index (κ1) is 14.2. The highest BCUT2D eigenvalue weighted by Crippen LogP contribution is 2.29. The van der Waals surface area contributed by atoms with Crippen molar-refractivity contribution in [3.8, 4) is 0 Å². The first-order chi connectivity index (χ1) is 8.58. The van der Waals surface area contributed by atoms with Crippen molar-refractivity contribution in [1.82, 2.24) is 5.32 Å². The molecule has 0 aliphatic heterocycles. The average molecular weight is 306 g/mol. The lowest BCUT2D eigenvalue weighted by molar-refractivity contribution is 0.0925. The Hall–Kier alpha value is -0.250. The number of hydrogen-bond donors (Lipinski definition) is 1. The normalized spacial score (nSPS) is 15.3. The summed E-state index contributed by atoms with van der Waals surface area (Å²) in [6.45, 7) is 1.86. The summed E-state index contributed by atoms with van der Waals surface area (Å²) >= 11 is 13.3. The quantitative estimate of drug-likeness (QED) is 0.846. The lowest BCUT2D eigenvalue weighted by Gasteiger charge is -2.25. The second kappa shape index (κ2) is 5.81. The molecule has 0 radical (unpaired) electrons. The van der Waals surface area contributed by atoms with Gasteiger partial charge in [-0.3, -0.25) is 4.79 Å². The summed E-state index contributed by atoms with van der Waals surface area (Å²) in [5.41, 5.74) is 0.805. The molecule has 0 atom stereocenters. The number of halogens is 2. The number of amides is 1. The number of aryl methyl sites for hydroxylation is 2. The molecule has 5 heteroatoms. The SMILES string of the molecule is CC(CCl)(CCl)NC(=O)c1cc2c(s1)CCCC2. The molecule has 1 aromatic heterocycles. The van der Waals surface area contributed by atoms with Gasteiger partial charge in [-0.15, -0.1) is 34.5 Å². The third-order valence-corrected chi connectivity index (χ3v) is 5.64. The van der Waals surface area contributed by atoms with E-state index in [-0.39, 0.29) is 5.91 Å². The molecule has 1 amide bonds. The zero-order valence-corrected chi connectivity index (χ0v) is 12.7. The van der Waals surface area contributed by atoms with Crippen molar-refractivity contribution >= 4 is 40.4 Å². The topological polar surface area (TPSA) is 29.1 Å². The van der Waals surface area contributed by atoms with Crippen LogP contribution in [0.3, 0.4) is 0 Å². The van der Waals surface area contributed by atoms with Crippen LogP contribution in [-0.4, -0.2) is 23.2 Å². The third-order valence-electron chi connectivity index (χ3n) is 3.23. The summed E-state index contributed by atoms with van der Waals surface area (Å²) in [4.78, 5) is 14.3. The number of thiophene rings is 1. The van der Waals surface area contributed by atoms with Crippen LogP contribution in [0.2, 0.25) is 0 Å². The maximum Gasteiger partial charge on any atom is 0.261 e. The Kier molecular flexibility index (Phi) is 4.57. The molecule has 0 spiro atoms. The van der Waals surface area contributed by atoms with Crippen LogP contribution in [-0.2, 0) is 12.8 Å². The van der Waals surface area contributed by atoms with Crippen LogP contribution in [0.4, 0.5) is 0 Å². The molecule has 1 aliphatic carbocycles. The van der Waals surface area contributed by atoms with Crippen molar-refractivity contribution in [3.63, 3.8) is 0 Å². The number of rotatable bonds is 4. The molecule has 0 saturated carbocycles. The minimum atomic E-state index is -0.537. The van der Waals surface area contributed by atoms with Crippen molar-refractivity contribution in [3.05, 3.63) is 21.4 Å². The van der Waals surface area contributed by atoms with Gasteiger partial charge in [0.15, 0.2) is 0 Å². The fraction of sp³-hybridized carbons (Fsp3) is 0.615. The number of carbonyl (C=O) groups excluding carboxylic acids is 1. The molecule has 0 saturated heterocycles. The fourth-order valence-corrected chi connectivity index (χ4v) is 3.61. The predicted molar refractivity (Wildman–Crippen MR) is 78.3 cm³/mol. The zero-order chi connectivity index (χ0) is 13.2. The van der Waals surface area contributed by atoms with Crippen LogP contribution < -0.4 is 5.32 Å². The van der Waals surface area contributed by atoms with E-state index >= 15 is 0 Å². The Morgan fingerprint density at radius 3 is 2.67 bits per heavy atom. The van der Waals surface area contributed by atoms with Gasteiger partial charge in [-0.1, -0.05) is 0 Å². The summed E-state index contributed by atoms with van der Waals surface area (Å²) in [5.74, 6) is 0.568. The van der Waals surface area contributed by atoms with Crippen LogP contribution in [0.15, 0.2) is 6.07 Å². The van der Waals surface area contributed by atoms with Gasteiger partial charge in [0.25, 0.3) is 5.91 Å². The minimum absolute atomic E-state index is 0.0572. The van der Waals surface area contributed by atoms with E-state index in [2.05, 4.69) is 5.32 Å². The molecule has 1 N–H and O–H groups in total. The van der Waals surface area contributed by atoms with Crippen molar-refractivity contribution in [2.24, 2.45) is 0 Å². The van der Waals surface area contributed by atoms with Crippen molar-refractivity contribution in [1.29, 1.82) is 0 Å². The summed E-state index contributed by atoms with van der Waals surface area (Å²) < 4.78 is 0. The highest BCUT2D eigenvalue weighted by molar-refractivity contribution is 7.14. The summed E-state index contributed by atoms with van der Waals surface area (Å²) in [6.07, 6.45) is 4.67. The third kappa shape index (κ3) is 3.01. The van der Waals surface area contributed by atoms with Crippen LogP contribution in [0.25, 0.3) is 0 Å². The zero-order valence-electron chi connectivity index (χ0n) is 10.4. The van der Waals surface area contributed by atoms with Gasteiger partial charge >= 0.3 is 0 Å². The fourth-order valence-electron chi connectivity index (χ4n) is 2.04. The average Bonchev–Trinajstić information content (AvgIpc) is 2.82. The Balaban J connectivity index is 2.11. The largest absolute Gasteiger partial charge is 0.344 e. The van der Waals surface area contributed by atoms with Gasteiger partial charge in [0, 0.05) is 16.6 Å². The van der Waals surface area contributed by atoms with Crippen molar-refractivity contribution < 1.29 is 4.79 Å². The van der Waals surface area contributed by atoms with Gasteiger partial charge in [-0.2, -0.15) is 0 Å². The smallest absolute Gasteiger partial charge is 0.261 e. The van der Waals surface area contributed by atoms with Crippen molar-refractivity contribution in [2.45, 2.75) is 38.1 Å². The summed E-state index contributed by atoms with van der Waals surface area (Å²) in [7, 11) is 0. The van der Waals surface area contributed by atoms with Gasteiger partial charge in [-0.25, -0.2) is 0 Å². The molecule has 0 fully saturated rings. The summed E-state index contributed by atoms with van der Waals surface area (Å²) in [6, 6.07) is 2.03. The lowest BCUT2D eigenvalue weighted by atomic mass is 9.99. The molecule has 1 heterocycles. The van der Waals surface area contributed by atoms with E-state index in [0.717, 1.165) is 17.7 Å². The highest BCUT2D eigenvalue weighted by Gasteiger charge is 2.26. The molecular weight excluding hydrogens is 289 g/mol. The molecule has 1 aliphatic rings. The second-order valence-corrected chi connectivity index (χ2v) is 6.72. The van der Waals surface area contributed by atoms with E-state index in [4.69, 9.17) is 23.2 Å². The molecule has 0 bridgehead atoms. The van der Waals surface area contributed by atoms with Gasteiger partial charge in [-0.05, 0) is 44.2 Å². The van der Waals surface area contributed by atoms with Crippen LogP contribution >= 0.6 is 34.5 Å². The van der Waals surface area contributed by atoms with E-state index in [1.165, 1.54) is 23.3 Å². The molecule has 100 valence electrons. The minimum Gasteiger partial charge on any atom is -0.344 e. The Morgan fingerprint density at radius 1 is 1.39 bits per heavy atom. The van der Waals surface area contributed by atoms with Gasteiger partial charge in [0.05, 0.1) is 10.4 Å².